The van der Waals surface area contributed by atoms with Crippen LogP contribution in [0.4, 0.5) is 5.69 Å². The summed E-state index contributed by atoms with van der Waals surface area (Å²) in [7, 11) is -3.95. The van der Waals surface area contributed by atoms with E-state index in [0.717, 1.165) is 28.1 Å². The standard InChI is InChI=1S/C25H32Cl3N3O4S/c1-6-17(4)29-25(33)22(7-2)30(14-18-10-8-9-16(3)11-18)24(32)15-31(36(5,34)35)23-13-20(27)19(26)12-21(23)28/h8-13,17,22H,6-7,14-15H2,1-5H3,(H,29,33)/t17-,22+/m0/s1. The number of hydrogen-bond donors (Lipinski definition) is 1. The predicted molar refractivity (Wildman–Crippen MR) is 147 cm³/mol. The van der Waals surface area contributed by atoms with Crippen LogP contribution in [0, 0.1) is 6.92 Å². The highest BCUT2D eigenvalue weighted by molar-refractivity contribution is 7.92. The lowest BCUT2D eigenvalue weighted by Gasteiger charge is -2.33. The first-order chi connectivity index (χ1) is 16.8. The van der Waals surface area contributed by atoms with Gasteiger partial charge in [0.15, 0.2) is 0 Å². The third-order valence-electron chi connectivity index (χ3n) is 5.76. The number of aryl methyl sites for hydroxylation is 1. The van der Waals surface area contributed by atoms with Crippen LogP contribution in [-0.2, 0) is 26.2 Å². The molecule has 0 spiro atoms. The molecule has 0 heterocycles. The summed E-state index contributed by atoms with van der Waals surface area (Å²) in [4.78, 5) is 28.3. The molecule has 0 saturated heterocycles. The van der Waals surface area contributed by atoms with E-state index in [2.05, 4.69) is 5.32 Å². The molecule has 2 amide bonds. The van der Waals surface area contributed by atoms with Gasteiger partial charge in [0.05, 0.1) is 27.0 Å². The molecule has 0 radical (unpaired) electrons. The van der Waals surface area contributed by atoms with Crippen molar-refractivity contribution >= 4 is 62.3 Å². The topological polar surface area (TPSA) is 86.8 Å². The highest BCUT2D eigenvalue weighted by Gasteiger charge is 2.33. The number of amides is 2. The van der Waals surface area contributed by atoms with Gasteiger partial charge in [-0.3, -0.25) is 13.9 Å². The first kappa shape index (κ1) is 30.2. The Balaban J connectivity index is 2.51. The maximum absolute atomic E-state index is 13.7. The van der Waals surface area contributed by atoms with Gasteiger partial charge in [-0.1, -0.05) is 78.5 Å². The molecular formula is C25H32Cl3N3O4S. The van der Waals surface area contributed by atoms with Crippen LogP contribution in [0.2, 0.25) is 15.1 Å². The van der Waals surface area contributed by atoms with Gasteiger partial charge in [0.2, 0.25) is 21.8 Å². The van der Waals surface area contributed by atoms with E-state index in [1.165, 1.54) is 17.0 Å². The number of carbonyl (C=O) groups is 2. The second kappa shape index (κ2) is 13.0. The third-order valence-corrected chi connectivity index (χ3v) is 7.91. The van der Waals surface area contributed by atoms with Gasteiger partial charge < -0.3 is 10.2 Å². The van der Waals surface area contributed by atoms with Crippen LogP contribution in [0.1, 0.15) is 44.7 Å². The van der Waals surface area contributed by atoms with Crippen LogP contribution in [-0.4, -0.2) is 50.0 Å². The summed E-state index contributed by atoms with van der Waals surface area (Å²) >= 11 is 18.4. The van der Waals surface area contributed by atoms with Gasteiger partial charge in [0, 0.05) is 12.6 Å². The average molecular weight is 577 g/mol. The van der Waals surface area contributed by atoms with E-state index in [1.807, 2.05) is 52.0 Å². The Morgan fingerprint density at radius 2 is 1.64 bits per heavy atom. The highest BCUT2D eigenvalue weighted by Crippen LogP contribution is 2.35. The van der Waals surface area contributed by atoms with Crippen LogP contribution in [0.25, 0.3) is 0 Å². The molecule has 7 nitrogen and oxygen atoms in total. The number of halogens is 3. The molecule has 2 rings (SSSR count). The molecule has 36 heavy (non-hydrogen) atoms. The normalized spacial score (nSPS) is 13.1. The second-order valence-electron chi connectivity index (χ2n) is 8.74. The number of sulfonamides is 1. The van der Waals surface area contributed by atoms with Crippen LogP contribution in [0.5, 0.6) is 0 Å². The summed E-state index contributed by atoms with van der Waals surface area (Å²) in [6.07, 6.45) is 2.04. The fourth-order valence-corrected chi connectivity index (χ4v) is 5.21. The Morgan fingerprint density at radius 3 is 2.19 bits per heavy atom. The van der Waals surface area contributed by atoms with Crippen molar-refractivity contribution in [1.82, 2.24) is 10.2 Å². The Bertz CT molecular complexity index is 1210. The van der Waals surface area contributed by atoms with E-state index in [1.54, 1.807) is 0 Å². The van der Waals surface area contributed by atoms with Crippen molar-refractivity contribution in [3.8, 4) is 0 Å². The molecular weight excluding hydrogens is 545 g/mol. The number of nitrogens with one attached hydrogen (secondary N) is 1. The minimum Gasteiger partial charge on any atom is -0.352 e. The lowest BCUT2D eigenvalue weighted by Crippen LogP contribution is -2.53. The van der Waals surface area contributed by atoms with E-state index in [4.69, 9.17) is 34.8 Å². The maximum atomic E-state index is 13.7. The number of benzene rings is 2. The molecule has 198 valence electrons. The molecule has 0 aliphatic heterocycles. The first-order valence-corrected chi connectivity index (χ1v) is 14.5. The van der Waals surface area contributed by atoms with Crippen molar-refractivity contribution in [2.45, 2.75) is 59.2 Å². The number of hydrogen-bond acceptors (Lipinski definition) is 4. The molecule has 0 aliphatic carbocycles. The summed E-state index contributed by atoms with van der Waals surface area (Å²) < 4.78 is 26.4. The zero-order valence-corrected chi connectivity index (χ0v) is 24.1. The molecule has 0 aliphatic rings. The van der Waals surface area contributed by atoms with E-state index < -0.39 is 28.5 Å². The molecule has 2 atom stereocenters. The van der Waals surface area contributed by atoms with Crippen LogP contribution < -0.4 is 9.62 Å². The fraction of sp³-hybridized carbons (Fsp3) is 0.440. The third kappa shape index (κ3) is 8.00. The molecule has 11 heteroatoms. The minimum absolute atomic E-state index is 0.0226. The highest BCUT2D eigenvalue weighted by atomic mass is 35.5. The first-order valence-electron chi connectivity index (χ1n) is 11.6. The fourth-order valence-electron chi connectivity index (χ4n) is 3.67. The van der Waals surface area contributed by atoms with Crippen molar-refractivity contribution in [2.75, 3.05) is 17.1 Å². The molecule has 2 aromatic rings. The van der Waals surface area contributed by atoms with Gasteiger partial charge in [-0.15, -0.1) is 0 Å². The molecule has 0 aromatic heterocycles. The van der Waals surface area contributed by atoms with Crippen molar-refractivity contribution in [3.05, 3.63) is 62.6 Å². The van der Waals surface area contributed by atoms with Gasteiger partial charge in [0.1, 0.15) is 12.6 Å². The smallest absolute Gasteiger partial charge is 0.244 e. The summed E-state index contributed by atoms with van der Waals surface area (Å²) in [6.45, 7) is 7.12. The average Bonchev–Trinajstić information content (AvgIpc) is 2.79. The van der Waals surface area contributed by atoms with E-state index in [0.29, 0.717) is 6.42 Å². The lowest BCUT2D eigenvalue weighted by atomic mass is 10.1. The van der Waals surface area contributed by atoms with Gasteiger partial charge >= 0.3 is 0 Å². The minimum atomic E-state index is -3.95. The Kier molecular flexibility index (Phi) is 10.9. The van der Waals surface area contributed by atoms with Crippen molar-refractivity contribution < 1.29 is 18.0 Å². The van der Waals surface area contributed by atoms with Gasteiger partial charge in [-0.2, -0.15) is 0 Å². The quantitative estimate of drug-likeness (QED) is 0.361. The van der Waals surface area contributed by atoms with Crippen molar-refractivity contribution in [3.63, 3.8) is 0 Å². The van der Waals surface area contributed by atoms with Crippen molar-refractivity contribution in [2.24, 2.45) is 0 Å². The maximum Gasteiger partial charge on any atom is 0.244 e. The van der Waals surface area contributed by atoms with Gasteiger partial charge in [0.25, 0.3) is 0 Å². The Labute approximate surface area is 228 Å². The Morgan fingerprint density at radius 1 is 1.00 bits per heavy atom. The van der Waals surface area contributed by atoms with Crippen LogP contribution in [0.3, 0.4) is 0 Å². The summed E-state index contributed by atoms with van der Waals surface area (Å²) in [5, 5.41) is 3.20. The Hall–Kier alpha value is -2.00. The largest absolute Gasteiger partial charge is 0.352 e. The molecule has 0 bridgehead atoms. The monoisotopic (exact) mass is 575 g/mol. The number of nitrogens with zero attached hydrogens (tertiary/aromatic N) is 2. The van der Waals surface area contributed by atoms with E-state index in [-0.39, 0.29) is 39.2 Å². The zero-order valence-electron chi connectivity index (χ0n) is 21.0. The summed E-state index contributed by atoms with van der Waals surface area (Å²) in [5.41, 5.74) is 1.84. The number of anilines is 1. The number of carbonyl (C=O) groups excluding carboxylic acids is 2. The van der Waals surface area contributed by atoms with Crippen LogP contribution in [0.15, 0.2) is 36.4 Å². The van der Waals surface area contributed by atoms with Crippen molar-refractivity contribution in [1.29, 1.82) is 0 Å². The predicted octanol–water partition coefficient (Wildman–Crippen LogP) is 5.44. The zero-order chi connectivity index (χ0) is 27.2. The molecule has 0 saturated carbocycles. The summed E-state index contributed by atoms with van der Waals surface area (Å²) in [5.74, 6) is -0.860. The molecule has 0 unspecified atom stereocenters. The molecule has 0 fully saturated rings. The SMILES string of the molecule is CC[C@H](C(=O)N[C@@H](C)CC)N(Cc1cccc(C)c1)C(=O)CN(c1cc(Cl)c(Cl)cc1Cl)S(C)(=O)=O. The van der Waals surface area contributed by atoms with E-state index in [9.17, 15) is 18.0 Å². The van der Waals surface area contributed by atoms with Gasteiger partial charge in [-0.05, 0) is 44.4 Å². The molecule has 2 aromatic carbocycles. The summed E-state index contributed by atoms with van der Waals surface area (Å²) in [6, 6.07) is 9.32. The van der Waals surface area contributed by atoms with Crippen LogP contribution >= 0.6 is 34.8 Å². The second-order valence-corrected chi connectivity index (χ2v) is 11.9. The molecule has 1 N–H and O–H groups in total. The lowest BCUT2D eigenvalue weighted by molar-refractivity contribution is -0.140. The number of rotatable bonds is 11. The van der Waals surface area contributed by atoms with Gasteiger partial charge in [-0.25, -0.2) is 8.42 Å². The van der Waals surface area contributed by atoms with E-state index >= 15 is 0 Å².